The Morgan fingerprint density at radius 3 is 2.71 bits per heavy atom. The average molecular weight is 337 g/mol. The third kappa shape index (κ3) is 2.76. The molecule has 0 saturated heterocycles. The van der Waals surface area contributed by atoms with Gasteiger partial charge in [-0.25, -0.2) is 4.98 Å². The molecule has 3 rings (SSSR count). The van der Waals surface area contributed by atoms with Gasteiger partial charge in [0, 0.05) is 5.69 Å². The maximum atomic E-state index is 12.5. The molecule has 1 aromatic carbocycles. The van der Waals surface area contributed by atoms with Gasteiger partial charge in [-0.1, -0.05) is 29.1 Å². The lowest BCUT2D eigenvalue weighted by molar-refractivity contribution is 0.644. The van der Waals surface area contributed by atoms with Gasteiger partial charge in [-0.2, -0.15) is 9.94 Å². The molecular weight excluding hydrogens is 322 g/mol. The summed E-state index contributed by atoms with van der Waals surface area (Å²) in [4.78, 5) is 16.9. The molecule has 24 heavy (non-hydrogen) atoms. The van der Waals surface area contributed by atoms with E-state index < -0.39 is 0 Å². The number of benzene rings is 1. The third-order valence-corrected chi connectivity index (χ3v) is 4.97. The maximum absolute atomic E-state index is 12.5. The molecule has 0 saturated carbocycles. The van der Waals surface area contributed by atoms with Gasteiger partial charge in [-0.3, -0.25) is 4.79 Å². The van der Waals surface area contributed by atoms with Crippen molar-refractivity contribution in [3.05, 3.63) is 57.0 Å². The average Bonchev–Trinajstić information content (AvgIpc) is 2.59. The first-order valence-corrected chi connectivity index (χ1v) is 8.34. The summed E-state index contributed by atoms with van der Waals surface area (Å²) in [5.74, 6) is 0.250. The fourth-order valence-electron chi connectivity index (χ4n) is 2.38. The van der Waals surface area contributed by atoms with Crippen molar-refractivity contribution in [1.29, 1.82) is 5.26 Å². The van der Waals surface area contributed by atoms with Gasteiger partial charge in [0.25, 0.3) is 5.56 Å². The highest BCUT2D eigenvalue weighted by Gasteiger charge is 2.14. The highest BCUT2D eigenvalue weighted by atomic mass is 32.2. The van der Waals surface area contributed by atoms with Crippen LogP contribution in [-0.4, -0.2) is 20.0 Å². The zero-order valence-electron chi connectivity index (χ0n) is 13.6. The van der Waals surface area contributed by atoms with E-state index in [1.807, 2.05) is 26.8 Å². The van der Waals surface area contributed by atoms with Crippen molar-refractivity contribution in [3.63, 3.8) is 0 Å². The Kier molecular flexibility index (Phi) is 4.32. The van der Waals surface area contributed by atoms with Crippen LogP contribution in [0.25, 0.3) is 10.9 Å². The van der Waals surface area contributed by atoms with Crippen LogP contribution in [0.2, 0.25) is 0 Å². The zero-order chi connectivity index (χ0) is 17.3. The van der Waals surface area contributed by atoms with Crippen molar-refractivity contribution in [2.75, 3.05) is 0 Å². The van der Waals surface area contributed by atoms with Gasteiger partial charge >= 0.3 is 0 Å². The van der Waals surface area contributed by atoms with Crippen LogP contribution in [0, 0.1) is 32.1 Å². The molecule has 7 heteroatoms. The Labute approximate surface area is 143 Å². The topological polar surface area (TPSA) is 84.5 Å². The standard InChI is InChI=1S/C17H15N5OS/c1-10-11(2)14(8-18)16(19-12(10)3)24-9-22-17(23)13-6-4-5-7-15(13)20-21-22/h4-7H,9H2,1-3H3. The third-order valence-electron chi connectivity index (χ3n) is 4.03. The first-order valence-electron chi connectivity index (χ1n) is 7.36. The normalized spacial score (nSPS) is 10.8. The maximum Gasteiger partial charge on any atom is 0.278 e. The highest BCUT2D eigenvalue weighted by molar-refractivity contribution is 7.98. The van der Waals surface area contributed by atoms with Crippen LogP contribution in [-0.2, 0) is 5.88 Å². The van der Waals surface area contributed by atoms with Crippen molar-refractivity contribution in [1.82, 2.24) is 20.0 Å². The van der Waals surface area contributed by atoms with Crippen LogP contribution in [0.4, 0.5) is 0 Å². The second-order valence-electron chi connectivity index (χ2n) is 5.42. The molecular formula is C17H15N5OS. The summed E-state index contributed by atoms with van der Waals surface area (Å²) in [7, 11) is 0. The van der Waals surface area contributed by atoms with Crippen molar-refractivity contribution in [2.45, 2.75) is 31.7 Å². The largest absolute Gasteiger partial charge is 0.278 e. The number of hydrogen-bond acceptors (Lipinski definition) is 6. The summed E-state index contributed by atoms with van der Waals surface area (Å²) < 4.78 is 1.29. The van der Waals surface area contributed by atoms with E-state index in [1.165, 1.54) is 16.4 Å². The van der Waals surface area contributed by atoms with Gasteiger partial charge in [0.05, 0.1) is 16.8 Å². The van der Waals surface area contributed by atoms with E-state index in [0.29, 0.717) is 21.5 Å². The van der Waals surface area contributed by atoms with Gasteiger partial charge in [-0.15, -0.1) is 5.10 Å². The van der Waals surface area contributed by atoms with Gasteiger partial charge in [0.2, 0.25) is 0 Å². The molecule has 0 aliphatic heterocycles. The van der Waals surface area contributed by atoms with E-state index in [4.69, 9.17) is 0 Å². The molecule has 0 amide bonds. The Hall–Kier alpha value is -2.72. The predicted molar refractivity (Wildman–Crippen MR) is 92.8 cm³/mol. The van der Waals surface area contributed by atoms with Gasteiger partial charge in [0.1, 0.15) is 16.6 Å². The minimum Gasteiger partial charge on any atom is -0.267 e. The summed E-state index contributed by atoms with van der Waals surface area (Å²) in [5, 5.41) is 18.6. The molecule has 0 aliphatic carbocycles. The quantitative estimate of drug-likeness (QED) is 0.683. The summed E-state index contributed by atoms with van der Waals surface area (Å²) in [5.41, 5.74) is 3.73. The second kappa shape index (κ2) is 6.42. The molecule has 0 spiro atoms. The van der Waals surface area contributed by atoms with E-state index >= 15 is 0 Å². The van der Waals surface area contributed by atoms with Crippen molar-refractivity contribution < 1.29 is 0 Å². The summed E-state index contributed by atoms with van der Waals surface area (Å²) in [6.07, 6.45) is 0. The number of hydrogen-bond donors (Lipinski definition) is 0. The Morgan fingerprint density at radius 2 is 1.96 bits per heavy atom. The molecule has 3 aromatic rings. The van der Waals surface area contributed by atoms with Gasteiger partial charge < -0.3 is 0 Å². The Morgan fingerprint density at radius 1 is 1.21 bits per heavy atom. The zero-order valence-corrected chi connectivity index (χ0v) is 14.4. The number of aromatic nitrogens is 4. The van der Waals surface area contributed by atoms with Crippen molar-refractivity contribution in [2.24, 2.45) is 0 Å². The van der Waals surface area contributed by atoms with Gasteiger partial charge in [0.15, 0.2) is 0 Å². The fourth-order valence-corrected chi connectivity index (χ4v) is 3.34. The SMILES string of the molecule is Cc1nc(SCn2nnc3ccccc3c2=O)c(C#N)c(C)c1C. The molecule has 0 unspecified atom stereocenters. The van der Waals surface area contributed by atoms with E-state index in [9.17, 15) is 10.1 Å². The smallest absolute Gasteiger partial charge is 0.267 e. The van der Waals surface area contributed by atoms with Crippen LogP contribution >= 0.6 is 11.8 Å². The molecule has 0 N–H and O–H groups in total. The molecule has 120 valence electrons. The lowest BCUT2D eigenvalue weighted by atomic mass is 10.1. The number of nitriles is 1. The fraction of sp³-hybridized carbons (Fsp3) is 0.235. The minimum absolute atomic E-state index is 0.202. The second-order valence-corrected chi connectivity index (χ2v) is 6.36. The molecule has 0 radical (unpaired) electrons. The summed E-state index contributed by atoms with van der Waals surface area (Å²) >= 11 is 1.31. The minimum atomic E-state index is -0.202. The van der Waals surface area contributed by atoms with Gasteiger partial charge in [-0.05, 0) is 44.0 Å². The highest BCUT2D eigenvalue weighted by Crippen LogP contribution is 2.26. The molecule has 0 aliphatic rings. The van der Waals surface area contributed by atoms with E-state index in [1.54, 1.807) is 18.2 Å². The summed E-state index contributed by atoms with van der Waals surface area (Å²) in [6, 6.07) is 9.30. The monoisotopic (exact) mass is 337 g/mol. The summed E-state index contributed by atoms with van der Waals surface area (Å²) in [6.45, 7) is 5.77. The number of nitrogens with zero attached hydrogens (tertiary/aromatic N) is 5. The van der Waals surface area contributed by atoms with E-state index in [2.05, 4.69) is 21.4 Å². The lowest BCUT2D eigenvalue weighted by Gasteiger charge is -2.11. The number of pyridine rings is 1. The number of rotatable bonds is 3. The Bertz CT molecular complexity index is 1040. The van der Waals surface area contributed by atoms with Crippen LogP contribution in [0.5, 0.6) is 0 Å². The molecule has 0 atom stereocenters. The van der Waals surface area contributed by atoms with Crippen LogP contribution in [0.3, 0.4) is 0 Å². The first-order chi connectivity index (χ1) is 11.5. The molecule has 0 bridgehead atoms. The van der Waals surface area contributed by atoms with Crippen LogP contribution in [0.15, 0.2) is 34.1 Å². The Balaban J connectivity index is 1.96. The first kappa shape index (κ1) is 16.1. The molecule has 0 fully saturated rings. The van der Waals surface area contributed by atoms with Crippen LogP contribution in [0.1, 0.15) is 22.4 Å². The molecule has 2 aromatic heterocycles. The number of fused-ring (bicyclic) bond motifs is 1. The van der Waals surface area contributed by atoms with Crippen LogP contribution < -0.4 is 5.56 Å². The van der Waals surface area contributed by atoms with E-state index in [0.717, 1.165) is 16.8 Å². The number of thioether (sulfide) groups is 1. The predicted octanol–water partition coefficient (Wildman–Crippen LogP) is 2.73. The number of aryl methyl sites for hydroxylation is 1. The lowest BCUT2D eigenvalue weighted by Crippen LogP contribution is -2.23. The van der Waals surface area contributed by atoms with Crippen molar-refractivity contribution in [3.8, 4) is 6.07 Å². The van der Waals surface area contributed by atoms with Crippen molar-refractivity contribution >= 4 is 22.7 Å². The molecule has 6 nitrogen and oxygen atoms in total. The molecule has 2 heterocycles. The van der Waals surface area contributed by atoms with E-state index in [-0.39, 0.29) is 11.4 Å².